The first-order valence-electron chi connectivity index (χ1n) is 11.2. The molecule has 1 aliphatic carbocycles. The van der Waals surface area contributed by atoms with Gasteiger partial charge in [-0.2, -0.15) is 0 Å². The normalized spacial score (nSPS) is 14.3. The Balaban J connectivity index is 1.34. The molecule has 6 nitrogen and oxygen atoms in total. The second-order valence-corrected chi connectivity index (χ2v) is 8.42. The zero-order valence-electron chi connectivity index (χ0n) is 18.8. The van der Waals surface area contributed by atoms with Gasteiger partial charge in [-0.15, -0.1) is 0 Å². The number of aliphatic hydroxyl groups excluding tert-OH is 2. The molecule has 0 saturated carbocycles. The Labute approximate surface area is 193 Å². The van der Waals surface area contributed by atoms with Crippen LogP contribution in [0.25, 0.3) is 11.1 Å². The molecule has 1 amide bonds. The lowest BCUT2D eigenvalue weighted by Crippen LogP contribution is -2.36. The fourth-order valence-electron chi connectivity index (χ4n) is 4.24. The molecule has 0 spiro atoms. The molecule has 0 bridgehead atoms. The van der Waals surface area contributed by atoms with Crippen LogP contribution in [-0.4, -0.2) is 41.7 Å². The Morgan fingerprint density at radius 3 is 2.12 bits per heavy atom. The van der Waals surface area contributed by atoms with Crippen LogP contribution in [0.15, 0.2) is 72.8 Å². The number of aliphatic hydroxyl groups is 2. The van der Waals surface area contributed by atoms with Crippen molar-refractivity contribution in [3.05, 3.63) is 89.5 Å². The topological polar surface area (TPSA) is 88.0 Å². The van der Waals surface area contributed by atoms with E-state index in [1.807, 2.05) is 38.1 Å². The summed E-state index contributed by atoms with van der Waals surface area (Å²) in [7, 11) is 0. The highest BCUT2D eigenvalue weighted by molar-refractivity contribution is 5.79. The van der Waals surface area contributed by atoms with E-state index in [9.17, 15) is 15.0 Å². The molecular formula is C27H29NO5. The summed E-state index contributed by atoms with van der Waals surface area (Å²) in [6.07, 6.45) is -3.15. The number of fused-ring (bicyclic) bond motifs is 3. The van der Waals surface area contributed by atoms with Crippen LogP contribution in [0.4, 0.5) is 4.79 Å². The third-order valence-electron chi connectivity index (χ3n) is 5.76. The fourth-order valence-corrected chi connectivity index (χ4v) is 4.24. The third-order valence-corrected chi connectivity index (χ3v) is 5.76. The second-order valence-electron chi connectivity index (χ2n) is 8.42. The van der Waals surface area contributed by atoms with Gasteiger partial charge in [-0.05, 0) is 42.2 Å². The average Bonchev–Trinajstić information content (AvgIpc) is 3.14. The van der Waals surface area contributed by atoms with Crippen LogP contribution < -0.4 is 10.1 Å². The molecule has 0 radical (unpaired) electrons. The molecule has 0 aromatic heterocycles. The zero-order chi connectivity index (χ0) is 23.4. The number of carbonyl (C=O) groups excluding carboxylic acids is 1. The van der Waals surface area contributed by atoms with Crippen LogP contribution in [-0.2, 0) is 4.74 Å². The molecule has 2 atom stereocenters. The van der Waals surface area contributed by atoms with E-state index in [4.69, 9.17) is 9.47 Å². The quantitative estimate of drug-likeness (QED) is 0.476. The van der Waals surface area contributed by atoms with Crippen LogP contribution in [0, 0.1) is 0 Å². The Morgan fingerprint density at radius 2 is 1.48 bits per heavy atom. The number of carbonyl (C=O) groups is 1. The smallest absolute Gasteiger partial charge is 0.407 e. The Bertz CT molecular complexity index is 1070. The zero-order valence-corrected chi connectivity index (χ0v) is 18.8. The second kappa shape index (κ2) is 10.1. The monoisotopic (exact) mass is 447 g/mol. The van der Waals surface area contributed by atoms with E-state index in [-0.39, 0.29) is 25.2 Å². The van der Waals surface area contributed by atoms with Crippen molar-refractivity contribution in [1.29, 1.82) is 0 Å². The standard InChI is InChI=1S/C27H29NO5/c1-17(2)33-25-14-8-7-13-22(25)26(30)24(29)15-28-27(31)32-16-23-20-11-5-3-9-18(20)19-10-4-6-12-21(19)23/h3-14,17,23-24,26,29-30H,15-16H2,1-2H3,(H,28,31). The average molecular weight is 448 g/mol. The Morgan fingerprint density at radius 1 is 0.909 bits per heavy atom. The number of hydrogen-bond donors (Lipinski definition) is 3. The highest BCUT2D eigenvalue weighted by atomic mass is 16.5. The molecule has 3 aromatic rings. The minimum absolute atomic E-state index is 0.0428. The van der Waals surface area contributed by atoms with Gasteiger partial charge in [-0.3, -0.25) is 0 Å². The van der Waals surface area contributed by atoms with Gasteiger partial charge in [0, 0.05) is 18.0 Å². The molecule has 0 aliphatic heterocycles. The predicted molar refractivity (Wildman–Crippen MR) is 126 cm³/mol. The summed E-state index contributed by atoms with van der Waals surface area (Å²) in [5.41, 5.74) is 5.03. The van der Waals surface area contributed by atoms with Crippen molar-refractivity contribution >= 4 is 6.09 Å². The molecular weight excluding hydrogens is 418 g/mol. The van der Waals surface area contributed by atoms with Gasteiger partial charge in [-0.25, -0.2) is 4.79 Å². The van der Waals surface area contributed by atoms with E-state index in [1.54, 1.807) is 24.3 Å². The number of benzene rings is 3. The molecule has 1 aliphatic rings. The number of rotatable bonds is 8. The molecule has 6 heteroatoms. The van der Waals surface area contributed by atoms with Gasteiger partial charge in [0.15, 0.2) is 0 Å². The maximum absolute atomic E-state index is 12.3. The molecule has 4 rings (SSSR count). The van der Waals surface area contributed by atoms with Crippen molar-refractivity contribution in [3.8, 4) is 16.9 Å². The van der Waals surface area contributed by atoms with E-state index in [0.29, 0.717) is 11.3 Å². The van der Waals surface area contributed by atoms with Gasteiger partial charge in [0.1, 0.15) is 24.6 Å². The predicted octanol–water partition coefficient (Wildman–Crippen LogP) is 4.41. The lowest BCUT2D eigenvalue weighted by molar-refractivity contribution is 0.0164. The molecule has 172 valence electrons. The number of nitrogens with one attached hydrogen (secondary N) is 1. The molecule has 0 saturated heterocycles. The molecule has 3 N–H and O–H groups in total. The number of para-hydroxylation sites is 1. The number of alkyl carbamates (subject to hydrolysis) is 1. The highest BCUT2D eigenvalue weighted by Gasteiger charge is 2.29. The minimum Gasteiger partial charge on any atom is -0.491 e. The lowest BCUT2D eigenvalue weighted by atomic mass is 9.98. The molecule has 3 aromatic carbocycles. The van der Waals surface area contributed by atoms with Gasteiger partial charge >= 0.3 is 6.09 Å². The van der Waals surface area contributed by atoms with Crippen LogP contribution in [0.2, 0.25) is 0 Å². The Kier molecular flexibility index (Phi) is 6.96. The lowest BCUT2D eigenvalue weighted by Gasteiger charge is -2.22. The van der Waals surface area contributed by atoms with Crippen LogP contribution >= 0.6 is 0 Å². The van der Waals surface area contributed by atoms with Crippen LogP contribution in [0.5, 0.6) is 5.75 Å². The van der Waals surface area contributed by atoms with E-state index < -0.39 is 18.3 Å². The van der Waals surface area contributed by atoms with Crippen molar-refractivity contribution in [1.82, 2.24) is 5.32 Å². The minimum atomic E-state index is -1.22. The number of hydrogen-bond acceptors (Lipinski definition) is 5. The summed E-state index contributed by atoms with van der Waals surface area (Å²) in [6, 6.07) is 23.2. The first-order valence-corrected chi connectivity index (χ1v) is 11.2. The van der Waals surface area contributed by atoms with Crippen molar-refractivity contribution in [2.75, 3.05) is 13.2 Å². The summed E-state index contributed by atoms with van der Waals surface area (Å²) in [5, 5.41) is 23.6. The number of ether oxygens (including phenoxy) is 2. The summed E-state index contributed by atoms with van der Waals surface area (Å²) in [5.74, 6) is 0.457. The van der Waals surface area contributed by atoms with Crippen LogP contribution in [0.1, 0.15) is 42.6 Å². The van der Waals surface area contributed by atoms with E-state index in [0.717, 1.165) is 22.3 Å². The van der Waals surface area contributed by atoms with Gasteiger partial charge in [0.05, 0.1) is 6.10 Å². The first-order chi connectivity index (χ1) is 16.0. The maximum Gasteiger partial charge on any atom is 0.407 e. The number of amides is 1. The van der Waals surface area contributed by atoms with E-state index in [2.05, 4.69) is 29.6 Å². The molecule has 0 fully saturated rings. The van der Waals surface area contributed by atoms with Gasteiger partial charge < -0.3 is 25.0 Å². The van der Waals surface area contributed by atoms with Crippen LogP contribution in [0.3, 0.4) is 0 Å². The third kappa shape index (κ3) is 5.02. The van der Waals surface area contributed by atoms with Gasteiger partial charge in [0.25, 0.3) is 0 Å². The summed E-state index contributed by atoms with van der Waals surface area (Å²) in [6.45, 7) is 3.80. The SMILES string of the molecule is CC(C)Oc1ccccc1C(O)C(O)CNC(=O)OCC1c2ccccc2-c2ccccc21. The molecule has 0 heterocycles. The molecule has 33 heavy (non-hydrogen) atoms. The Hall–Kier alpha value is -3.35. The van der Waals surface area contributed by atoms with Crippen molar-refractivity contribution in [2.24, 2.45) is 0 Å². The summed E-state index contributed by atoms with van der Waals surface area (Å²) < 4.78 is 11.2. The first kappa shape index (κ1) is 22.8. The van der Waals surface area contributed by atoms with Gasteiger partial charge in [0.2, 0.25) is 0 Å². The summed E-state index contributed by atoms with van der Waals surface area (Å²) in [4.78, 5) is 12.3. The maximum atomic E-state index is 12.3. The van der Waals surface area contributed by atoms with E-state index in [1.165, 1.54) is 0 Å². The largest absolute Gasteiger partial charge is 0.491 e. The van der Waals surface area contributed by atoms with E-state index >= 15 is 0 Å². The molecule has 2 unspecified atom stereocenters. The highest BCUT2D eigenvalue weighted by Crippen LogP contribution is 2.44. The van der Waals surface area contributed by atoms with Crippen molar-refractivity contribution < 1.29 is 24.5 Å². The van der Waals surface area contributed by atoms with Crippen molar-refractivity contribution in [3.63, 3.8) is 0 Å². The van der Waals surface area contributed by atoms with Crippen molar-refractivity contribution in [2.45, 2.75) is 38.1 Å². The van der Waals surface area contributed by atoms with Gasteiger partial charge in [-0.1, -0.05) is 66.7 Å². The fraction of sp³-hybridized carbons (Fsp3) is 0.296. The summed E-state index contributed by atoms with van der Waals surface area (Å²) >= 11 is 0.